The van der Waals surface area contributed by atoms with Gasteiger partial charge in [-0.25, -0.2) is 13.1 Å². The Bertz CT molecular complexity index is 1330. The number of carbonyl (C=O) groups is 2. The van der Waals surface area contributed by atoms with E-state index in [9.17, 15) is 23.3 Å². The van der Waals surface area contributed by atoms with Crippen molar-refractivity contribution < 1.29 is 18.0 Å². The molecule has 7 atom stereocenters. The minimum atomic E-state index is -3.45. The highest BCUT2D eigenvalue weighted by Gasteiger charge is 2.70. The van der Waals surface area contributed by atoms with E-state index in [-0.39, 0.29) is 51.1 Å². The lowest BCUT2D eigenvalue weighted by molar-refractivity contribution is -0.159. The quantitative estimate of drug-likeness (QED) is 0.497. The Labute approximate surface area is 228 Å². The predicted octanol–water partition coefficient (Wildman–Crippen LogP) is 5.51. The molecule has 0 aromatic rings. The first kappa shape index (κ1) is 27.8. The van der Waals surface area contributed by atoms with Gasteiger partial charge in [0.25, 0.3) is 0 Å². The van der Waals surface area contributed by atoms with Gasteiger partial charge in [-0.05, 0) is 79.1 Å². The molecule has 0 saturated heterocycles. The minimum Gasteiger partial charge on any atom is -0.295 e. The number of carbonyl (C=O) groups excluding carboxylic acids is 2. The van der Waals surface area contributed by atoms with Gasteiger partial charge >= 0.3 is 0 Å². The Hall–Kier alpha value is -1.78. The van der Waals surface area contributed by atoms with Crippen molar-refractivity contribution >= 4 is 21.6 Å². The first-order valence-electron chi connectivity index (χ1n) is 14.2. The van der Waals surface area contributed by atoms with Crippen molar-refractivity contribution in [3.05, 3.63) is 23.3 Å². The molecule has 208 valence electrons. The Morgan fingerprint density at radius 2 is 1.61 bits per heavy atom. The summed E-state index contributed by atoms with van der Waals surface area (Å²) in [6, 6.07) is 2.16. The Balaban J connectivity index is 1.70. The highest BCUT2D eigenvalue weighted by molar-refractivity contribution is 7.88. The zero-order chi connectivity index (χ0) is 28.3. The van der Waals surface area contributed by atoms with Crippen molar-refractivity contribution in [3.63, 3.8) is 0 Å². The van der Waals surface area contributed by atoms with Crippen LogP contribution in [-0.2, 0) is 19.6 Å². The SMILES string of the molecule is CC1(C)CC[C@]2(NS(C)(=O)=O)CC[C@]3(C)[C@H](C(=O)C=C4[C@@]5(C)C=C(C#N)C(=O)C(C)(C)[C@@H]5CC[C@]43C)[C@@H]2C1. The van der Waals surface area contributed by atoms with E-state index in [4.69, 9.17) is 0 Å². The Morgan fingerprint density at radius 3 is 2.21 bits per heavy atom. The van der Waals surface area contributed by atoms with Gasteiger partial charge in [0.05, 0.1) is 11.8 Å². The van der Waals surface area contributed by atoms with Crippen LogP contribution in [0.15, 0.2) is 23.3 Å². The van der Waals surface area contributed by atoms with Gasteiger partial charge in [-0.3, -0.25) is 9.59 Å². The number of Topliss-reactive ketones (excluding diaryl/α,β-unsaturated/α-hetero) is 1. The first-order valence-corrected chi connectivity index (χ1v) is 16.1. The van der Waals surface area contributed by atoms with Crippen LogP contribution in [0, 0.1) is 56.2 Å². The van der Waals surface area contributed by atoms with Crippen LogP contribution >= 0.6 is 0 Å². The van der Waals surface area contributed by atoms with Crippen molar-refractivity contribution in [3.8, 4) is 6.07 Å². The van der Waals surface area contributed by atoms with Gasteiger partial charge in [0.2, 0.25) is 10.0 Å². The third-order valence-corrected chi connectivity index (χ3v) is 13.0. The fourth-order valence-electron chi connectivity index (χ4n) is 10.2. The predicted molar refractivity (Wildman–Crippen MR) is 147 cm³/mol. The van der Waals surface area contributed by atoms with E-state index >= 15 is 0 Å². The largest absolute Gasteiger partial charge is 0.295 e. The maximum Gasteiger partial charge on any atom is 0.209 e. The molecule has 0 radical (unpaired) electrons. The molecule has 0 aromatic heterocycles. The molecule has 0 amide bonds. The highest BCUT2D eigenvalue weighted by atomic mass is 32.2. The molecule has 5 aliphatic rings. The minimum absolute atomic E-state index is 0.00933. The first-order chi connectivity index (χ1) is 17.3. The van der Waals surface area contributed by atoms with E-state index in [1.165, 1.54) is 6.26 Å². The highest BCUT2D eigenvalue weighted by Crippen LogP contribution is 2.73. The van der Waals surface area contributed by atoms with Crippen molar-refractivity contribution in [2.45, 2.75) is 99.0 Å². The van der Waals surface area contributed by atoms with Gasteiger partial charge in [-0.1, -0.05) is 60.1 Å². The maximum absolute atomic E-state index is 14.4. The zero-order valence-electron chi connectivity index (χ0n) is 24.3. The molecule has 6 nitrogen and oxygen atoms in total. The monoisotopic (exact) mass is 540 g/mol. The van der Waals surface area contributed by atoms with Crippen LogP contribution in [-0.4, -0.2) is 31.8 Å². The summed E-state index contributed by atoms with van der Waals surface area (Å²) >= 11 is 0. The second kappa shape index (κ2) is 7.91. The van der Waals surface area contributed by atoms with Crippen LogP contribution in [0.4, 0.5) is 0 Å². The van der Waals surface area contributed by atoms with Gasteiger partial charge in [-0.15, -0.1) is 0 Å². The smallest absolute Gasteiger partial charge is 0.209 e. The number of nitriles is 1. The van der Waals surface area contributed by atoms with Gasteiger partial charge in [0.15, 0.2) is 11.6 Å². The van der Waals surface area contributed by atoms with Gasteiger partial charge in [-0.2, -0.15) is 5.26 Å². The van der Waals surface area contributed by atoms with E-state index in [0.29, 0.717) is 6.42 Å². The summed E-state index contributed by atoms with van der Waals surface area (Å²) in [5, 5.41) is 9.87. The standard InChI is InChI=1S/C31H44N2O4S/c1-26(2)11-13-31(33-38(8,36)37)14-12-30(7)24(20(31)17-26)21(34)15-23-28(5)16-19(18-32)25(35)27(3,4)22(28)9-10-29(23,30)6/h15-16,20,22,24,33H,9-14,17H2,1-8H3/t20-,22-,24-,28-,29+,30+,31-/m0/s1. The topological polar surface area (TPSA) is 104 Å². The third-order valence-electron chi connectivity index (χ3n) is 12.2. The van der Waals surface area contributed by atoms with Crippen molar-refractivity contribution in [1.29, 1.82) is 5.26 Å². The lowest BCUT2D eigenvalue weighted by Crippen LogP contribution is -2.69. The van der Waals surface area contributed by atoms with Crippen molar-refractivity contribution in [1.82, 2.24) is 4.72 Å². The maximum atomic E-state index is 14.4. The molecule has 0 spiro atoms. The molecular formula is C31H44N2O4S. The number of ketones is 2. The molecule has 0 bridgehead atoms. The summed E-state index contributed by atoms with van der Waals surface area (Å²) in [5.41, 5.74) is -1.21. The van der Waals surface area contributed by atoms with Gasteiger partial charge < -0.3 is 0 Å². The molecule has 5 rings (SSSR count). The number of rotatable bonds is 2. The van der Waals surface area contributed by atoms with Crippen molar-refractivity contribution in [2.75, 3.05) is 6.26 Å². The Morgan fingerprint density at radius 1 is 0.974 bits per heavy atom. The molecule has 3 saturated carbocycles. The molecule has 0 aliphatic heterocycles. The van der Waals surface area contributed by atoms with Gasteiger partial charge in [0, 0.05) is 22.3 Å². The molecule has 3 fully saturated rings. The van der Waals surface area contributed by atoms with Crippen LogP contribution in [0.5, 0.6) is 0 Å². The normalized spacial score (nSPS) is 45.4. The fourth-order valence-corrected chi connectivity index (χ4v) is 11.3. The summed E-state index contributed by atoms with van der Waals surface area (Å²) in [6.45, 7) is 15.1. The lowest BCUT2D eigenvalue weighted by Gasteiger charge is -2.69. The molecule has 7 heteroatoms. The summed E-state index contributed by atoms with van der Waals surface area (Å²) < 4.78 is 28.3. The van der Waals surface area contributed by atoms with E-state index in [0.717, 1.165) is 44.1 Å². The number of hydrogen-bond donors (Lipinski definition) is 1. The number of nitrogens with one attached hydrogen (secondary N) is 1. The summed E-state index contributed by atoms with van der Waals surface area (Å²) in [4.78, 5) is 27.6. The second-order valence-corrected chi connectivity index (χ2v) is 17.0. The van der Waals surface area contributed by atoms with Crippen LogP contribution in [0.1, 0.15) is 93.4 Å². The molecule has 0 heterocycles. The van der Waals surface area contributed by atoms with Crippen LogP contribution in [0.3, 0.4) is 0 Å². The van der Waals surface area contributed by atoms with E-state index in [2.05, 4.69) is 45.4 Å². The molecule has 38 heavy (non-hydrogen) atoms. The van der Waals surface area contributed by atoms with E-state index < -0.39 is 26.4 Å². The summed E-state index contributed by atoms with van der Waals surface area (Å²) in [6.07, 6.45) is 10.6. The lowest BCUT2D eigenvalue weighted by atomic mass is 9.35. The molecule has 1 N–H and O–H groups in total. The fraction of sp³-hybridized carbons (Fsp3) is 0.774. The average molecular weight is 541 g/mol. The summed E-state index contributed by atoms with van der Waals surface area (Å²) in [5.74, 6) is -0.365. The summed E-state index contributed by atoms with van der Waals surface area (Å²) in [7, 11) is -3.45. The van der Waals surface area contributed by atoms with Gasteiger partial charge in [0.1, 0.15) is 6.07 Å². The van der Waals surface area contributed by atoms with Crippen LogP contribution in [0.25, 0.3) is 0 Å². The van der Waals surface area contributed by atoms with E-state index in [1.54, 1.807) is 0 Å². The Kier molecular flexibility index (Phi) is 5.78. The number of allylic oxidation sites excluding steroid dienone is 4. The molecule has 0 unspecified atom stereocenters. The van der Waals surface area contributed by atoms with Crippen LogP contribution < -0.4 is 4.72 Å². The molecular weight excluding hydrogens is 496 g/mol. The number of nitrogens with zero attached hydrogens (tertiary/aromatic N) is 1. The zero-order valence-corrected chi connectivity index (χ0v) is 25.1. The second-order valence-electron chi connectivity index (χ2n) is 15.3. The third kappa shape index (κ3) is 3.54. The number of sulfonamides is 1. The molecule has 5 aliphatic carbocycles. The molecule has 0 aromatic carbocycles. The van der Waals surface area contributed by atoms with Crippen LogP contribution in [0.2, 0.25) is 0 Å². The number of fused-ring (bicyclic) bond motifs is 7. The van der Waals surface area contributed by atoms with Crippen molar-refractivity contribution in [2.24, 2.45) is 44.8 Å². The average Bonchev–Trinajstić information content (AvgIpc) is 2.78. The number of hydrogen-bond acceptors (Lipinski definition) is 5. The van der Waals surface area contributed by atoms with E-state index in [1.807, 2.05) is 26.0 Å².